The highest BCUT2D eigenvalue weighted by Gasteiger charge is 2.22. The van der Waals surface area contributed by atoms with Crippen molar-refractivity contribution in [2.24, 2.45) is 0 Å². The van der Waals surface area contributed by atoms with Crippen LogP contribution in [0.25, 0.3) is 0 Å². The minimum absolute atomic E-state index is 0.000553. The van der Waals surface area contributed by atoms with Crippen LogP contribution in [-0.4, -0.2) is 59.2 Å². The molecule has 0 saturated heterocycles. The van der Waals surface area contributed by atoms with Gasteiger partial charge in [-0.25, -0.2) is 17.9 Å². The van der Waals surface area contributed by atoms with E-state index in [0.29, 0.717) is 0 Å². The Hall–Kier alpha value is -3.55. The number of carbonyl (C=O) groups excluding carboxylic acids is 2. The van der Waals surface area contributed by atoms with Gasteiger partial charge in [-0.3, -0.25) is 14.9 Å². The van der Waals surface area contributed by atoms with E-state index in [9.17, 15) is 28.1 Å². The van der Waals surface area contributed by atoms with Gasteiger partial charge in [-0.15, -0.1) is 0 Å². The summed E-state index contributed by atoms with van der Waals surface area (Å²) in [6, 6.07) is 9.07. The van der Waals surface area contributed by atoms with Crippen LogP contribution in [0, 0.1) is 10.1 Å². The first-order chi connectivity index (χ1) is 15.2. The molecular formula is C19H21N3O9S. The second kappa shape index (κ2) is 11.2. The summed E-state index contributed by atoms with van der Waals surface area (Å²) in [5, 5.41) is 13.3. The number of carbonyl (C=O) groups is 2. The monoisotopic (exact) mass is 467 g/mol. The minimum atomic E-state index is -4.02. The van der Waals surface area contributed by atoms with Crippen molar-refractivity contribution in [3.8, 4) is 5.75 Å². The van der Waals surface area contributed by atoms with E-state index < -0.39 is 33.4 Å². The smallest absolute Gasteiger partial charge is 0.338 e. The zero-order chi connectivity index (χ0) is 23.7. The zero-order valence-electron chi connectivity index (χ0n) is 17.2. The lowest BCUT2D eigenvalue weighted by molar-refractivity contribution is -0.383. The van der Waals surface area contributed by atoms with Crippen LogP contribution in [0.2, 0.25) is 0 Å². The van der Waals surface area contributed by atoms with E-state index in [2.05, 4.69) is 10.0 Å². The summed E-state index contributed by atoms with van der Waals surface area (Å²) in [5.41, 5.74) is -0.520. The number of rotatable bonds is 11. The van der Waals surface area contributed by atoms with Gasteiger partial charge in [-0.2, -0.15) is 0 Å². The van der Waals surface area contributed by atoms with Crippen molar-refractivity contribution >= 4 is 33.3 Å². The number of sulfonamides is 1. The minimum Gasteiger partial charge on any atom is -0.495 e. The molecule has 0 aromatic heterocycles. The lowest BCUT2D eigenvalue weighted by atomic mass is 10.2. The molecule has 0 atom stereocenters. The van der Waals surface area contributed by atoms with Crippen LogP contribution in [0.3, 0.4) is 0 Å². The molecule has 0 heterocycles. The highest BCUT2D eigenvalue weighted by atomic mass is 32.2. The molecule has 2 N–H and O–H groups in total. The fourth-order valence-corrected chi connectivity index (χ4v) is 3.71. The Morgan fingerprint density at radius 1 is 1.12 bits per heavy atom. The zero-order valence-corrected chi connectivity index (χ0v) is 18.0. The van der Waals surface area contributed by atoms with Crippen LogP contribution in [0.15, 0.2) is 47.4 Å². The van der Waals surface area contributed by atoms with Gasteiger partial charge in [-0.05, 0) is 24.3 Å². The molecule has 2 aromatic carbocycles. The third-order valence-electron chi connectivity index (χ3n) is 4.00. The van der Waals surface area contributed by atoms with Crippen molar-refractivity contribution in [1.82, 2.24) is 4.72 Å². The van der Waals surface area contributed by atoms with E-state index in [-0.39, 0.29) is 40.7 Å². The molecule has 13 heteroatoms. The second-order valence-corrected chi connectivity index (χ2v) is 7.89. The molecule has 0 aliphatic heterocycles. The van der Waals surface area contributed by atoms with Gasteiger partial charge in [0, 0.05) is 19.7 Å². The molecule has 0 saturated carbocycles. The average molecular weight is 467 g/mol. The van der Waals surface area contributed by atoms with Crippen molar-refractivity contribution in [3.63, 3.8) is 0 Å². The molecule has 1 amide bonds. The molecule has 2 rings (SSSR count). The highest BCUT2D eigenvalue weighted by molar-refractivity contribution is 7.89. The predicted molar refractivity (Wildman–Crippen MR) is 112 cm³/mol. The molecule has 2 aromatic rings. The summed E-state index contributed by atoms with van der Waals surface area (Å²) in [5.74, 6) is -1.78. The summed E-state index contributed by atoms with van der Waals surface area (Å²) >= 11 is 0. The molecule has 0 spiro atoms. The third kappa shape index (κ3) is 6.47. The van der Waals surface area contributed by atoms with Gasteiger partial charge in [0.1, 0.15) is 16.3 Å². The molecule has 0 fully saturated rings. The number of esters is 1. The number of para-hydroxylation sites is 2. The van der Waals surface area contributed by atoms with E-state index in [1.165, 1.54) is 50.6 Å². The van der Waals surface area contributed by atoms with Crippen LogP contribution >= 0.6 is 0 Å². The largest absolute Gasteiger partial charge is 0.495 e. The summed E-state index contributed by atoms with van der Waals surface area (Å²) in [6.45, 7) is -0.606. The van der Waals surface area contributed by atoms with Crippen LogP contribution in [0.1, 0.15) is 10.4 Å². The van der Waals surface area contributed by atoms with Gasteiger partial charge < -0.3 is 19.5 Å². The quantitative estimate of drug-likeness (QED) is 0.215. The number of hydrogen-bond donors (Lipinski definition) is 2. The number of hydrogen-bond acceptors (Lipinski definition) is 9. The fourth-order valence-electron chi connectivity index (χ4n) is 2.51. The first-order valence-electron chi connectivity index (χ1n) is 9.06. The summed E-state index contributed by atoms with van der Waals surface area (Å²) in [7, 11) is -1.34. The van der Waals surface area contributed by atoms with Gasteiger partial charge in [0.05, 0.1) is 24.2 Å². The number of amides is 1. The fraction of sp³-hybridized carbons (Fsp3) is 0.263. The number of nitrogens with one attached hydrogen (secondary N) is 2. The molecule has 0 bridgehead atoms. The molecule has 0 aliphatic carbocycles. The average Bonchev–Trinajstić information content (AvgIpc) is 2.77. The van der Waals surface area contributed by atoms with E-state index in [1.807, 2.05) is 0 Å². The Labute approximate surface area is 183 Å². The van der Waals surface area contributed by atoms with E-state index in [1.54, 1.807) is 0 Å². The van der Waals surface area contributed by atoms with E-state index in [4.69, 9.17) is 14.2 Å². The SMILES string of the molecule is COCCNS(=O)(=O)c1cc(C(=O)OCC(=O)Nc2ccccc2[N+](=O)[O-])ccc1OC. The number of anilines is 1. The normalized spacial score (nSPS) is 10.9. The summed E-state index contributed by atoms with van der Waals surface area (Å²) in [4.78, 5) is 34.4. The van der Waals surface area contributed by atoms with Gasteiger partial charge in [0.15, 0.2) is 6.61 Å². The number of methoxy groups -OCH3 is 2. The van der Waals surface area contributed by atoms with Crippen LogP contribution in [0.5, 0.6) is 5.75 Å². The molecule has 12 nitrogen and oxygen atoms in total. The Morgan fingerprint density at radius 2 is 1.84 bits per heavy atom. The lowest BCUT2D eigenvalue weighted by Crippen LogP contribution is -2.28. The third-order valence-corrected chi connectivity index (χ3v) is 5.48. The molecule has 0 aliphatic rings. The van der Waals surface area contributed by atoms with Gasteiger partial charge in [-0.1, -0.05) is 12.1 Å². The van der Waals surface area contributed by atoms with Crippen molar-refractivity contribution in [2.45, 2.75) is 4.90 Å². The number of nitrogens with zero attached hydrogens (tertiary/aromatic N) is 1. The van der Waals surface area contributed by atoms with Gasteiger partial charge >= 0.3 is 5.97 Å². The first kappa shape index (κ1) is 24.7. The standard InChI is InChI=1S/C19H21N3O9S/c1-29-10-9-20-32(27,28)17-11-13(7-8-16(17)30-2)19(24)31-12-18(23)21-14-5-3-4-6-15(14)22(25)26/h3-8,11,20H,9-10,12H2,1-2H3,(H,21,23). The topological polar surface area (TPSA) is 163 Å². The molecule has 0 radical (unpaired) electrons. The van der Waals surface area contributed by atoms with Crippen molar-refractivity contribution < 1.29 is 37.1 Å². The van der Waals surface area contributed by atoms with Crippen LogP contribution < -0.4 is 14.8 Å². The van der Waals surface area contributed by atoms with Gasteiger partial charge in [0.2, 0.25) is 10.0 Å². The number of benzene rings is 2. The number of nitro groups is 1. The van der Waals surface area contributed by atoms with Gasteiger partial charge in [0.25, 0.3) is 11.6 Å². The molecule has 172 valence electrons. The number of ether oxygens (including phenoxy) is 3. The van der Waals surface area contributed by atoms with Crippen molar-refractivity contribution in [2.75, 3.05) is 39.3 Å². The van der Waals surface area contributed by atoms with Crippen LogP contribution in [0.4, 0.5) is 11.4 Å². The maximum Gasteiger partial charge on any atom is 0.338 e. The Bertz CT molecular complexity index is 1100. The summed E-state index contributed by atoms with van der Waals surface area (Å²) in [6.07, 6.45) is 0. The van der Waals surface area contributed by atoms with Crippen molar-refractivity contribution in [1.29, 1.82) is 0 Å². The second-order valence-electron chi connectivity index (χ2n) is 6.15. The van der Waals surface area contributed by atoms with E-state index >= 15 is 0 Å². The van der Waals surface area contributed by atoms with Crippen LogP contribution in [-0.2, 0) is 24.3 Å². The number of nitro benzene ring substituents is 1. The Morgan fingerprint density at radius 3 is 2.50 bits per heavy atom. The molecular weight excluding hydrogens is 446 g/mol. The maximum atomic E-state index is 12.5. The summed E-state index contributed by atoms with van der Waals surface area (Å²) < 4.78 is 42.1. The Kier molecular flexibility index (Phi) is 8.63. The molecule has 32 heavy (non-hydrogen) atoms. The maximum absolute atomic E-state index is 12.5. The van der Waals surface area contributed by atoms with E-state index in [0.717, 1.165) is 6.07 Å². The first-order valence-corrected chi connectivity index (χ1v) is 10.5. The Balaban J connectivity index is 2.10. The predicted octanol–water partition coefficient (Wildman–Crippen LogP) is 1.32. The molecule has 0 unspecified atom stereocenters. The van der Waals surface area contributed by atoms with Crippen molar-refractivity contribution in [3.05, 3.63) is 58.1 Å². The lowest BCUT2D eigenvalue weighted by Gasteiger charge is -2.12. The highest BCUT2D eigenvalue weighted by Crippen LogP contribution is 2.25.